The third-order valence-electron chi connectivity index (χ3n) is 5.84. The summed E-state index contributed by atoms with van der Waals surface area (Å²) in [5.41, 5.74) is -3.42. The molecule has 1 saturated heterocycles. The summed E-state index contributed by atoms with van der Waals surface area (Å²) in [6, 6.07) is 9.09. The third-order valence-corrected chi connectivity index (χ3v) is 6.67. The van der Waals surface area contributed by atoms with E-state index in [2.05, 4.69) is 38.2 Å². The number of halogens is 4. The molecule has 1 aliphatic rings. The van der Waals surface area contributed by atoms with Crippen LogP contribution in [0.25, 0.3) is 5.52 Å². The molecule has 1 aromatic carbocycles. The van der Waals surface area contributed by atoms with E-state index >= 15 is 0 Å². The van der Waals surface area contributed by atoms with Gasteiger partial charge in [0, 0.05) is 19.2 Å². The molecule has 2 aromatic heterocycles. The molecule has 3 heterocycles. The van der Waals surface area contributed by atoms with Crippen molar-refractivity contribution in [3.05, 3.63) is 47.7 Å². The Labute approximate surface area is 220 Å². The SMILES string of the molecule is CNC(=O)c1ccc(NCC#Cc2nn3c(N[C@@H]4CCNC[C@@H]4F)cccc3c2SC(F)(F)F)c(OC)c1. The number of carbonyl (C=O) groups is 1. The first-order chi connectivity index (χ1) is 18.2. The van der Waals surface area contributed by atoms with E-state index in [0.29, 0.717) is 35.8 Å². The number of nitrogens with one attached hydrogen (secondary N) is 4. The third kappa shape index (κ3) is 6.43. The average Bonchev–Trinajstić information content (AvgIpc) is 3.24. The Balaban J connectivity index is 1.60. The van der Waals surface area contributed by atoms with E-state index in [4.69, 9.17) is 4.74 Å². The van der Waals surface area contributed by atoms with Gasteiger partial charge in [-0.3, -0.25) is 4.79 Å². The average molecular weight is 551 g/mol. The summed E-state index contributed by atoms with van der Waals surface area (Å²) in [5.74, 6) is 6.06. The van der Waals surface area contributed by atoms with Crippen molar-refractivity contribution < 1.29 is 27.1 Å². The summed E-state index contributed by atoms with van der Waals surface area (Å²) in [6.07, 6.45) is -0.624. The number of piperidine rings is 1. The van der Waals surface area contributed by atoms with Crippen molar-refractivity contribution in [2.75, 3.05) is 44.4 Å². The van der Waals surface area contributed by atoms with E-state index in [-0.39, 0.29) is 46.9 Å². The highest BCUT2D eigenvalue weighted by Gasteiger charge is 2.33. The van der Waals surface area contributed by atoms with Gasteiger partial charge in [0.1, 0.15) is 23.4 Å². The topological polar surface area (TPSA) is 91.7 Å². The Hall–Kier alpha value is -3.63. The van der Waals surface area contributed by atoms with Gasteiger partial charge in [-0.1, -0.05) is 12.0 Å². The molecule has 2 atom stereocenters. The molecule has 0 bridgehead atoms. The van der Waals surface area contributed by atoms with Crippen molar-refractivity contribution in [2.24, 2.45) is 0 Å². The molecule has 0 spiro atoms. The molecular weight excluding hydrogens is 524 g/mol. The second-order valence-electron chi connectivity index (χ2n) is 8.34. The Kier molecular flexibility index (Phi) is 8.53. The zero-order valence-corrected chi connectivity index (χ0v) is 21.4. The quantitative estimate of drug-likeness (QED) is 0.202. The normalized spacial score (nSPS) is 17.4. The first kappa shape index (κ1) is 27.4. The number of thioether (sulfide) groups is 1. The van der Waals surface area contributed by atoms with E-state index in [1.165, 1.54) is 24.7 Å². The van der Waals surface area contributed by atoms with E-state index in [9.17, 15) is 22.4 Å². The van der Waals surface area contributed by atoms with Crippen LogP contribution in [-0.4, -0.2) is 67.0 Å². The number of methoxy groups -OCH3 is 1. The lowest BCUT2D eigenvalue weighted by atomic mass is 10.1. The van der Waals surface area contributed by atoms with Gasteiger partial charge >= 0.3 is 5.51 Å². The minimum Gasteiger partial charge on any atom is -0.495 e. The summed E-state index contributed by atoms with van der Waals surface area (Å²) in [5, 5.41) is 16.0. The molecule has 38 heavy (non-hydrogen) atoms. The number of hydrogen-bond donors (Lipinski definition) is 4. The molecule has 3 aromatic rings. The van der Waals surface area contributed by atoms with Crippen molar-refractivity contribution in [3.8, 4) is 17.6 Å². The minimum absolute atomic E-state index is 0.0487. The molecule has 202 valence electrons. The molecule has 0 aliphatic carbocycles. The van der Waals surface area contributed by atoms with Crippen LogP contribution in [0.2, 0.25) is 0 Å². The Morgan fingerprint density at radius 3 is 2.84 bits per heavy atom. The van der Waals surface area contributed by atoms with Gasteiger partial charge in [0.05, 0.1) is 35.8 Å². The number of hydrogen-bond acceptors (Lipinski definition) is 7. The van der Waals surface area contributed by atoms with Gasteiger partial charge in [0.15, 0.2) is 0 Å². The Morgan fingerprint density at radius 1 is 1.32 bits per heavy atom. The molecule has 4 N–H and O–H groups in total. The predicted molar refractivity (Wildman–Crippen MR) is 139 cm³/mol. The van der Waals surface area contributed by atoms with Crippen LogP contribution in [0.1, 0.15) is 22.5 Å². The van der Waals surface area contributed by atoms with Crippen LogP contribution >= 0.6 is 11.8 Å². The largest absolute Gasteiger partial charge is 0.495 e. The molecule has 1 fully saturated rings. The first-order valence-electron chi connectivity index (χ1n) is 11.7. The monoisotopic (exact) mass is 550 g/mol. The Bertz CT molecular complexity index is 1370. The second kappa shape index (κ2) is 11.8. The maximum Gasteiger partial charge on any atom is 0.446 e. The number of aromatic nitrogens is 2. The number of carbonyl (C=O) groups excluding carboxylic acids is 1. The van der Waals surface area contributed by atoms with Crippen molar-refractivity contribution in [3.63, 3.8) is 0 Å². The van der Waals surface area contributed by atoms with Crippen molar-refractivity contribution in [2.45, 2.75) is 29.0 Å². The summed E-state index contributed by atoms with van der Waals surface area (Å²) in [4.78, 5) is 11.7. The highest BCUT2D eigenvalue weighted by Crippen LogP contribution is 2.41. The van der Waals surface area contributed by atoms with Crippen LogP contribution in [0.3, 0.4) is 0 Å². The van der Waals surface area contributed by atoms with Crippen molar-refractivity contribution in [1.82, 2.24) is 20.2 Å². The van der Waals surface area contributed by atoms with Gasteiger partial charge < -0.3 is 26.0 Å². The second-order valence-corrected chi connectivity index (χ2v) is 9.42. The lowest BCUT2D eigenvalue weighted by Gasteiger charge is -2.28. The van der Waals surface area contributed by atoms with Gasteiger partial charge in [-0.15, -0.1) is 0 Å². The highest BCUT2D eigenvalue weighted by molar-refractivity contribution is 8.00. The van der Waals surface area contributed by atoms with Crippen LogP contribution in [0, 0.1) is 11.8 Å². The zero-order valence-electron chi connectivity index (χ0n) is 20.6. The van der Waals surface area contributed by atoms with E-state index in [1.807, 2.05) is 0 Å². The molecular formula is C25H26F4N6O2S. The number of rotatable bonds is 7. The van der Waals surface area contributed by atoms with Crippen LogP contribution < -0.4 is 26.0 Å². The number of fused-ring (bicyclic) bond motifs is 1. The minimum atomic E-state index is -4.55. The number of pyridine rings is 1. The molecule has 8 nitrogen and oxygen atoms in total. The number of benzene rings is 1. The summed E-state index contributed by atoms with van der Waals surface area (Å²) >= 11 is -0.290. The fraction of sp³-hybridized carbons (Fsp3) is 0.360. The van der Waals surface area contributed by atoms with Gasteiger partial charge in [0.2, 0.25) is 0 Å². The predicted octanol–water partition coefficient (Wildman–Crippen LogP) is 3.89. The van der Waals surface area contributed by atoms with E-state index in [1.54, 1.807) is 30.3 Å². The van der Waals surface area contributed by atoms with Crippen LogP contribution in [0.15, 0.2) is 41.3 Å². The van der Waals surface area contributed by atoms with Gasteiger partial charge in [-0.2, -0.15) is 18.3 Å². The lowest BCUT2D eigenvalue weighted by Crippen LogP contribution is -2.45. The van der Waals surface area contributed by atoms with Crippen molar-refractivity contribution >= 4 is 34.7 Å². The zero-order chi connectivity index (χ0) is 27.3. The van der Waals surface area contributed by atoms with Gasteiger partial charge in [0.25, 0.3) is 5.91 Å². The summed E-state index contributed by atoms with van der Waals surface area (Å²) < 4.78 is 61.2. The number of alkyl halides is 4. The first-order valence-corrected chi connectivity index (χ1v) is 12.5. The van der Waals surface area contributed by atoms with E-state index in [0.717, 1.165) is 0 Å². The van der Waals surface area contributed by atoms with E-state index < -0.39 is 17.7 Å². The number of ether oxygens (including phenoxy) is 1. The molecule has 0 radical (unpaired) electrons. The van der Waals surface area contributed by atoms with Crippen LogP contribution in [0.4, 0.5) is 29.1 Å². The highest BCUT2D eigenvalue weighted by atomic mass is 32.2. The van der Waals surface area contributed by atoms with Crippen LogP contribution in [-0.2, 0) is 0 Å². The summed E-state index contributed by atoms with van der Waals surface area (Å²) in [6.45, 7) is 0.903. The van der Waals surface area contributed by atoms with Gasteiger partial charge in [-0.05, 0) is 61.0 Å². The fourth-order valence-corrected chi connectivity index (χ4v) is 4.70. The standard InChI is InChI=1S/C25H26F4N6O2S/c1-30-24(36)15-8-9-18(21(13-15)37-2)32-11-4-5-19-23(38-25(27,28)29)20-6-3-7-22(35(20)34-19)33-17-10-12-31-14-16(17)26/h3,6-9,13,16-17,31-33H,10-12,14H2,1-2H3,(H,30,36)/t16-,17+/m0/s1. The summed E-state index contributed by atoms with van der Waals surface area (Å²) in [7, 11) is 2.98. The lowest BCUT2D eigenvalue weighted by molar-refractivity contribution is -0.0327. The smallest absolute Gasteiger partial charge is 0.446 e. The maximum absolute atomic E-state index is 14.4. The number of amides is 1. The van der Waals surface area contributed by atoms with Crippen molar-refractivity contribution in [1.29, 1.82) is 0 Å². The molecule has 0 saturated carbocycles. The molecule has 0 unspecified atom stereocenters. The molecule has 13 heteroatoms. The fourth-order valence-electron chi connectivity index (χ4n) is 4.02. The van der Waals surface area contributed by atoms with Crippen LogP contribution in [0.5, 0.6) is 5.75 Å². The molecule has 1 aliphatic heterocycles. The molecule has 1 amide bonds. The van der Waals surface area contributed by atoms with Gasteiger partial charge in [-0.25, -0.2) is 8.91 Å². The maximum atomic E-state index is 14.4. The molecule has 4 rings (SSSR count). The Morgan fingerprint density at radius 2 is 2.13 bits per heavy atom. The number of anilines is 2. The number of nitrogens with zero attached hydrogens (tertiary/aromatic N) is 2.